The molecule has 4 nitrogen and oxygen atoms in total. The first-order valence-corrected chi connectivity index (χ1v) is 11.9. The predicted octanol–water partition coefficient (Wildman–Crippen LogP) is 6.36. The second-order valence-electron chi connectivity index (χ2n) is 8.14. The summed E-state index contributed by atoms with van der Waals surface area (Å²) in [6.45, 7) is 1.18. The van der Waals surface area contributed by atoms with Crippen molar-refractivity contribution in [1.82, 2.24) is 9.47 Å². The fourth-order valence-corrected chi connectivity index (χ4v) is 5.08. The van der Waals surface area contributed by atoms with E-state index in [1.165, 1.54) is 16.0 Å². The number of rotatable bonds is 7. The Morgan fingerprint density at radius 1 is 0.788 bits per heavy atom. The summed E-state index contributed by atoms with van der Waals surface area (Å²) in [5.41, 5.74) is 4.49. The molecule has 0 atom stereocenters. The highest BCUT2D eigenvalue weighted by atomic mass is 32.2. The Hall–Kier alpha value is -3.57. The molecule has 164 valence electrons. The maximum absolute atomic E-state index is 13.0. The van der Waals surface area contributed by atoms with E-state index in [4.69, 9.17) is 0 Å². The van der Waals surface area contributed by atoms with E-state index in [0.29, 0.717) is 11.4 Å². The van der Waals surface area contributed by atoms with Gasteiger partial charge < -0.3 is 4.57 Å². The van der Waals surface area contributed by atoms with E-state index in [1.807, 2.05) is 54.6 Å². The van der Waals surface area contributed by atoms with E-state index in [0.717, 1.165) is 47.6 Å². The van der Waals surface area contributed by atoms with Gasteiger partial charge in [-0.15, -0.1) is 0 Å². The molecular formula is C28H24N2O2S. The summed E-state index contributed by atoms with van der Waals surface area (Å²) in [5, 5.41) is 0.886. The van der Waals surface area contributed by atoms with Crippen LogP contribution in [0.15, 0.2) is 96.0 Å². The smallest absolute Gasteiger partial charge is 0.293 e. The lowest BCUT2D eigenvalue weighted by Crippen LogP contribution is -2.29. The monoisotopic (exact) mass is 452 g/mol. The number of fused-ring (bicyclic) bond motifs is 1. The van der Waals surface area contributed by atoms with Crippen LogP contribution in [0.25, 0.3) is 17.0 Å². The minimum absolute atomic E-state index is 0.188. The number of carbonyl (C=O) groups excluding carboxylic acids is 2. The van der Waals surface area contributed by atoms with Crippen LogP contribution in [-0.4, -0.2) is 27.2 Å². The van der Waals surface area contributed by atoms with Gasteiger partial charge in [-0.2, -0.15) is 0 Å². The third-order valence-corrected chi connectivity index (χ3v) is 6.77. The largest absolute Gasteiger partial charge is 0.342 e. The molecule has 5 rings (SSSR count). The average molecular weight is 453 g/mol. The van der Waals surface area contributed by atoms with Crippen LogP contribution in [0.3, 0.4) is 0 Å². The summed E-state index contributed by atoms with van der Waals surface area (Å²) in [7, 11) is 0. The zero-order chi connectivity index (χ0) is 22.6. The third-order valence-electron chi connectivity index (χ3n) is 5.87. The number of carbonyl (C=O) groups is 2. The summed E-state index contributed by atoms with van der Waals surface area (Å²) >= 11 is 1.03. The molecule has 2 amide bonds. The van der Waals surface area contributed by atoms with Crippen molar-refractivity contribution in [1.29, 1.82) is 0 Å². The second kappa shape index (κ2) is 9.51. The van der Waals surface area contributed by atoms with Crippen molar-refractivity contribution < 1.29 is 9.59 Å². The van der Waals surface area contributed by atoms with E-state index in [9.17, 15) is 9.59 Å². The molecule has 4 aromatic rings. The molecule has 1 fully saturated rings. The molecule has 3 aromatic carbocycles. The minimum Gasteiger partial charge on any atom is -0.342 e. The van der Waals surface area contributed by atoms with Gasteiger partial charge in [-0.05, 0) is 47.9 Å². The number of hydrogen-bond donors (Lipinski definition) is 0. The van der Waals surface area contributed by atoms with Crippen LogP contribution in [0.2, 0.25) is 0 Å². The molecule has 0 saturated carbocycles. The van der Waals surface area contributed by atoms with Crippen LogP contribution in [0.5, 0.6) is 0 Å². The zero-order valence-corrected chi connectivity index (χ0v) is 19.0. The molecule has 0 N–H and O–H groups in total. The number of benzene rings is 3. The number of hydrogen-bond acceptors (Lipinski definition) is 3. The van der Waals surface area contributed by atoms with Crippen molar-refractivity contribution in [3.05, 3.63) is 113 Å². The molecular weight excluding hydrogens is 428 g/mol. The topological polar surface area (TPSA) is 42.3 Å². The Morgan fingerprint density at radius 2 is 1.45 bits per heavy atom. The first kappa shape index (κ1) is 21.3. The first-order valence-electron chi connectivity index (χ1n) is 11.1. The number of aromatic nitrogens is 1. The molecule has 1 aromatic heterocycles. The standard InChI is InChI=1S/C28H24N2O2S/c31-27-26(33-28(32)30(27)17-9-14-21-10-3-1-4-11-21)18-23-20-29(19-22-12-5-2-6-13-22)25-16-8-7-15-24(23)25/h1-8,10-13,15-16,18,20H,9,14,17,19H2/b26-18+. The van der Waals surface area contributed by atoms with Crippen LogP contribution < -0.4 is 0 Å². The van der Waals surface area contributed by atoms with Gasteiger partial charge in [0, 0.05) is 35.8 Å². The fourth-order valence-electron chi connectivity index (χ4n) is 4.22. The molecule has 0 bridgehead atoms. The molecule has 0 aliphatic carbocycles. The number of thioether (sulfide) groups is 1. The number of para-hydroxylation sites is 1. The lowest BCUT2D eigenvalue weighted by molar-refractivity contribution is -0.122. The van der Waals surface area contributed by atoms with Crippen molar-refractivity contribution in [2.75, 3.05) is 6.54 Å². The molecule has 2 heterocycles. The molecule has 1 saturated heterocycles. The van der Waals surface area contributed by atoms with Crippen LogP contribution in [0.4, 0.5) is 4.79 Å². The number of imide groups is 1. The van der Waals surface area contributed by atoms with Gasteiger partial charge in [0.05, 0.1) is 4.91 Å². The highest BCUT2D eigenvalue weighted by Gasteiger charge is 2.34. The summed E-state index contributed by atoms with van der Waals surface area (Å²) in [5.74, 6) is -0.196. The molecule has 5 heteroatoms. The normalized spacial score (nSPS) is 15.2. The van der Waals surface area contributed by atoms with E-state index < -0.39 is 0 Å². The van der Waals surface area contributed by atoms with E-state index in [-0.39, 0.29) is 11.1 Å². The van der Waals surface area contributed by atoms with Gasteiger partial charge in [0.15, 0.2) is 0 Å². The van der Waals surface area contributed by atoms with E-state index >= 15 is 0 Å². The quantitative estimate of drug-likeness (QED) is 0.307. The van der Waals surface area contributed by atoms with Crippen molar-refractivity contribution in [3.63, 3.8) is 0 Å². The number of aryl methyl sites for hydroxylation is 1. The van der Waals surface area contributed by atoms with Crippen molar-refractivity contribution in [2.45, 2.75) is 19.4 Å². The summed E-state index contributed by atoms with van der Waals surface area (Å²) < 4.78 is 2.20. The lowest BCUT2D eigenvalue weighted by Gasteiger charge is -2.12. The predicted molar refractivity (Wildman–Crippen MR) is 135 cm³/mol. The van der Waals surface area contributed by atoms with Gasteiger partial charge in [-0.1, -0.05) is 78.9 Å². The maximum Gasteiger partial charge on any atom is 0.293 e. The number of nitrogens with zero attached hydrogens (tertiary/aromatic N) is 2. The fraction of sp³-hybridized carbons (Fsp3) is 0.143. The van der Waals surface area contributed by atoms with Gasteiger partial charge >= 0.3 is 0 Å². The molecule has 0 spiro atoms. The van der Waals surface area contributed by atoms with E-state index in [2.05, 4.69) is 47.2 Å². The molecule has 0 radical (unpaired) electrons. The number of amides is 2. The summed E-state index contributed by atoms with van der Waals surface area (Å²) in [6, 6.07) is 28.6. The van der Waals surface area contributed by atoms with Crippen molar-refractivity contribution in [3.8, 4) is 0 Å². The van der Waals surface area contributed by atoms with Gasteiger partial charge in [-0.3, -0.25) is 14.5 Å². The Kier molecular flexibility index (Phi) is 6.13. The van der Waals surface area contributed by atoms with Gasteiger partial charge in [-0.25, -0.2) is 0 Å². The Balaban J connectivity index is 1.36. The highest BCUT2D eigenvalue weighted by Crippen LogP contribution is 2.34. The molecule has 1 aliphatic rings. The van der Waals surface area contributed by atoms with Crippen LogP contribution >= 0.6 is 11.8 Å². The molecule has 0 unspecified atom stereocenters. The Morgan fingerprint density at radius 3 is 2.21 bits per heavy atom. The van der Waals surface area contributed by atoms with Crippen molar-refractivity contribution >= 4 is 39.9 Å². The minimum atomic E-state index is -0.196. The average Bonchev–Trinajstić information content (AvgIpc) is 3.32. The second-order valence-corrected chi connectivity index (χ2v) is 9.13. The summed E-state index contributed by atoms with van der Waals surface area (Å²) in [4.78, 5) is 27.4. The van der Waals surface area contributed by atoms with Crippen molar-refractivity contribution in [2.24, 2.45) is 0 Å². The zero-order valence-electron chi connectivity index (χ0n) is 18.2. The first-order chi connectivity index (χ1) is 16.2. The maximum atomic E-state index is 13.0. The van der Waals surface area contributed by atoms with Crippen LogP contribution in [0.1, 0.15) is 23.1 Å². The van der Waals surface area contributed by atoms with Crippen LogP contribution in [0, 0.1) is 0 Å². The van der Waals surface area contributed by atoms with Gasteiger partial charge in [0.1, 0.15) is 0 Å². The van der Waals surface area contributed by atoms with Gasteiger partial charge in [0.25, 0.3) is 11.1 Å². The van der Waals surface area contributed by atoms with Gasteiger partial charge in [0.2, 0.25) is 0 Å². The summed E-state index contributed by atoms with van der Waals surface area (Å²) in [6.07, 6.45) is 5.53. The third kappa shape index (κ3) is 4.64. The van der Waals surface area contributed by atoms with Crippen LogP contribution in [-0.2, 0) is 17.8 Å². The highest BCUT2D eigenvalue weighted by molar-refractivity contribution is 8.18. The molecule has 1 aliphatic heterocycles. The lowest BCUT2D eigenvalue weighted by atomic mass is 10.1. The van der Waals surface area contributed by atoms with E-state index in [1.54, 1.807) is 0 Å². The molecule has 33 heavy (non-hydrogen) atoms. The Bertz CT molecular complexity index is 1330. The Labute approximate surface area is 197 Å². The SMILES string of the molecule is O=C1S/C(=C/c2cn(Cc3ccccc3)c3ccccc23)C(=O)N1CCCc1ccccc1.